The molecule has 20 heavy (non-hydrogen) atoms. The zero-order chi connectivity index (χ0) is 13.7. The molecule has 4 aliphatic carbocycles. The van der Waals surface area contributed by atoms with Gasteiger partial charge in [0.15, 0.2) is 0 Å². The second-order valence-corrected chi connectivity index (χ2v) is 7.14. The van der Waals surface area contributed by atoms with E-state index in [1.54, 1.807) is 12.3 Å². The highest BCUT2D eigenvalue weighted by Gasteiger charge is 2.50. The molecule has 0 radical (unpaired) electrons. The molecule has 1 aromatic carbocycles. The lowest BCUT2D eigenvalue weighted by molar-refractivity contribution is 0.00194. The molecule has 3 heteroatoms. The van der Waals surface area contributed by atoms with Crippen LogP contribution < -0.4 is 0 Å². The summed E-state index contributed by atoms with van der Waals surface area (Å²) in [7, 11) is 0. The molecule has 106 valence electrons. The quantitative estimate of drug-likeness (QED) is 0.639. The highest BCUT2D eigenvalue weighted by Crippen LogP contribution is 2.57. The van der Waals surface area contributed by atoms with Crippen LogP contribution in [0.5, 0.6) is 11.5 Å². The Hall–Kier alpha value is -1.51. The maximum absolute atomic E-state index is 9.85. The van der Waals surface area contributed by atoms with Gasteiger partial charge < -0.3 is 10.2 Å². The fraction of sp³-hybridized carbons (Fsp3) is 0.588. The first-order chi connectivity index (χ1) is 9.62. The summed E-state index contributed by atoms with van der Waals surface area (Å²) in [5.41, 5.74) is 0.743. The summed E-state index contributed by atoms with van der Waals surface area (Å²) in [4.78, 5) is 4.89. The molecule has 0 saturated heterocycles. The van der Waals surface area contributed by atoms with Gasteiger partial charge in [0.1, 0.15) is 11.5 Å². The van der Waals surface area contributed by atoms with Crippen molar-refractivity contribution >= 4 is 6.21 Å². The largest absolute Gasteiger partial charge is 0.508 e. The Balaban J connectivity index is 1.62. The van der Waals surface area contributed by atoms with Crippen LogP contribution in [-0.4, -0.2) is 22.0 Å². The van der Waals surface area contributed by atoms with Crippen LogP contribution in [0.3, 0.4) is 0 Å². The lowest BCUT2D eigenvalue weighted by Crippen LogP contribution is -2.49. The zero-order valence-electron chi connectivity index (χ0n) is 11.6. The summed E-state index contributed by atoms with van der Waals surface area (Å²) in [5.74, 6) is 2.98. The van der Waals surface area contributed by atoms with E-state index in [0.717, 1.165) is 17.8 Å². The maximum atomic E-state index is 9.85. The predicted octanol–water partition coefficient (Wildman–Crippen LogP) is 3.49. The molecule has 0 aliphatic heterocycles. The molecule has 1 aromatic rings. The summed E-state index contributed by atoms with van der Waals surface area (Å²) in [5, 5.41) is 19.4. The Morgan fingerprint density at radius 1 is 1.00 bits per heavy atom. The van der Waals surface area contributed by atoms with Crippen LogP contribution in [-0.2, 0) is 0 Å². The van der Waals surface area contributed by atoms with E-state index >= 15 is 0 Å². The topological polar surface area (TPSA) is 52.8 Å². The Bertz CT molecular complexity index is 529. The predicted molar refractivity (Wildman–Crippen MR) is 78.3 cm³/mol. The van der Waals surface area contributed by atoms with Crippen LogP contribution in [0.15, 0.2) is 23.2 Å². The first kappa shape index (κ1) is 12.2. The second-order valence-electron chi connectivity index (χ2n) is 7.14. The maximum Gasteiger partial charge on any atom is 0.124 e. The summed E-state index contributed by atoms with van der Waals surface area (Å²) >= 11 is 0. The fourth-order valence-electron chi connectivity index (χ4n) is 5.07. The van der Waals surface area contributed by atoms with Gasteiger partial charge in [-0.25, -0.2) is 0 Å². The van der Waals surface area contributed by atoms with E-state index < -0.39 is 0 Å². The molecule has 0 spiro atoms. The van der Waals surface area contributed by atoms with Crippen LogP contribution >= 0.6 is 0 Å². The molecule has 5 rings (SSSR count). The minimum Gasteiger partial charge on any atom is -0.508 e. The van der Waals surface area contributed by atoms with Crippen molar-refractivity contribution in [2.75, 3.05) is 0 Å². The number of phenolic OH excluding ortho intramolecular Hbond substituents is 2. The van der Waals surface area contributed by atoms with Crippen molar-refractivity contribution in [3.63, 3.8) is 0 Å². The van der Waals surface area contributed by atoms with Gasteiger partial charge in [-0.1, -0.05) is 0 Å². The molecule has 4 fully saturated rings. The van der Waals surface area contributed by atoms with Crippen molar-refractivity contribution < 1.29 is 10.2 Å². The van der Waals surface area contributed by atoms with E-state index in [4.69, 9.17) is 4.99 Å². The molecule has 3 nitrogen and oxygen atoms in total. The third kappa shape index (κ3) is 2.00. The molecular formula is C17H21NO2. The molecule has 0 heterocycles. The van der Waals surface area contributed by atoms with Gasteiger partial charge in [-0.3, -0.25) is 4.99 Å². The number of benzene rings is 1. The van der Waals surface area contributed by atoms with Gasteiger partial charge in [-0.15, -0.1) is 0 Å². The highest BCUT2D eigenvalue weighted by molar-refractivity contribution is 5.84. The van der Waals surface area contributed by atoms with Gasteiger partial charge in [-0.05, 0) is 74.5 Å². The Morgan fingerprint density at radius 2 is 1.60 bits per heavy atom. The average molecular weight is 271 g/mol. The van der Waals surface area contributed by atoms with Gasteiger partial charge in [0.25, 0.3) is 0 Å². The number of aliphatic imine (C=N–C) groups is 1. The number of hydrogen-bond donors (Lipinski definition) is 2. The van der Waals surface area contributed by atoms with Gasteiger partial charge in [0.05, 0.1) is 5.54 Å². The van der Waals surface area contributed by atoms with Crippen molar-refractivity contribution in [3.05, 3.63) is 23.8 Å². The van der Waals surface area contributed by atoms with Crippen molar-refractivity contribution in [3.8, 4) is 11.5 Å². The highest BCUT2D eigenvalue weighted by atomic mass is 16.3. The molecular weight excluding hydrogens is 250 g/mol. The summed E-state index contributed by atoms with van der Waals surface area (Å²) in [6.45, 7) is 0. The summed E-state index contributed by atoms with van der Waals surface area (Å²) in [6, 6.07) is 4.60. The first-order valence-corrected chi connectivity index (χ1v) is 7.69. The van der Waals surface area contributed by atoms with Gasteiger partial charge in [0, 0.05) is 11.8 Å². The normalized spacial score (nSPS) is 38.7. The smallest absolute Gasteiger partial charge is 0.124 e. The van der Waals surface area contributed by atoms with Crippen LogP contribution in [0, 0.1) is 17.8 Å². The SMILES string of the molecule is Oc1ccc(O)c(C=NC23CC4CC(CC(C4)C2)C3)c1. The third-order valence-corrected chi connectivity index (χ3v) is 5.49. The van der Waals surface area contributed by atoms with Crippen LogP contribution in [0.25, 0.3) is 0 Å². The molecule has 0 aromatic heterocycles. The molecule has 4 aliphatic rings. The molecule has 0 atom stereocenters. The van der Waals surface area contributed by atoms with Crippen LogP contribution in [0.2, 0.25) is 0 Å². The van der Waals surface area contributed by atoms with E-state index in [-0.39, 0.29) is 17.0 Å². The standard InChI is InChI=1S/C17H21NO2/c19-15-1-2-16(20)14(6-15)10-18-17-7-11-3-12(8-17)5-13(4-11)9-17/h1-2,6,10-13,19-20H,3-5,7-9H2. The molecule has 4 saturated carbocycles. The van der Waals surface area contributed by atoms with Crippen molar-refractivity contribution in [1.29, 1.82) is 0 Å². The molecule has 4 bridgehead atoms. The number of nitrogens with zero attached hydrogens (tertiary/aromatic N) is 1. The van der Waals surface area contributed by atoms with Crippen LogP contribution in [0.1, 0.15) is 44.1 Å². The lowest BCUT2D eigenvalue weighted by atomic mass is 9.53. The lowest BCUT2D eigenvalue weighted by Gasteiger charge is -2.54. The van der Waals surface area contributed by atoms with E-state index in [0.29, 0.717) is 5.56 Å². The fourth-order valence-corrected chi connectivity index (χ4v) is 5.07. The first-order valence-electron chi connectivity index (χ1n) is 7.69. The van der Waals surface area contributed by atoms with Gasteiger partial charge in [-0.2, -0.15) is 0 Å². The van der Waals surface area contributed by atoms with E-state index in [2.05, 4.69) is 0 Å². The van der Waals surface area contributed by atoms with Crippen molar-refractivity contribution in [2.24, 2.45) is 22.7 Å². The second kappa shape index (κ2) is 4.24. The number of rotatable bonds is 2. The minimum atomic E-state index is 0.118. The zero-order valence-corrected chi connectivity index (χ0v) is 11.6. The van der Waals surface area contributed by atoms with E-state index in [9.17, 15) is 10.2 Å². The minimum absolute atomic E-state index is 0.118. The number of hydrogen-bond acceptors (Lipinski definition) is 3. The van der Waals surface area contributed by atoms with Crippen molar-refractivity contribution in [1.82, 2.24) is 0 Å². The Kier molecular flexibility index (Phi) is 2.60. The summed E-state index contributed by atoms with van der Waals surface area (Å²) < 4.78 is 0. The monoisotopic (exact) mass is 271 g/mol. The van der Waals surface area contributed by atoms with Gasteiger partial charge >= 0.3 is 0 Å². The van der Waals surface area contributed by atoms with Crippen molar-refractivity contribution in [2.45, 2.75) is 44.1 Å². The van der Waals surface area contributed by atoms with E-state index in [1.807, 2.05) is 0 Å². The average Bonchev–Trinajstić information content (AvgIpc) is 2.38. The number of aromatic hydroxyl groups is 2. The molecule has 2 N–H and O–H groups in total. The summed E-state index contributed by atoms with van der Waals surface area (Å²) in [6.07, 6.45) is 9.66. The molecule has 0 amide bonds. The van der Waals surface area contributed by atoms with Crippen LogP contribution in [0.4, 0.5) is 0 Å². The van der Waals surface area contributed by atoms with Gasteiger partial charge in [0.2, 0.25) is 0 Å². The third-order valence-electron chi connectivity index (χ3n) is 5.49. The Morgan fingerprint density at radius 3 is 2.20 bits per heavy atom. The number of phenols is 2. The Labute approximate surface area is 119 Å². The molecule has 0 unspecified atom stereocenters. The van der Waals surface area contributed by atoms with E-state index in [1.165, 1.54) is 50.7 Å².